The number of rotatable bonds is 7. The van der Waals surface area contributed by atoms with E-state index in [0.29, 0.717) is 29.9 Å². The van der Waals surface area contributed by atoms with Gasteiger partial charge in [0.05, 0.1) is 6.54 Å². The van der Waals surface area contributed by atoms with E-state index < -0.39 is 0 Å². The predicted octanol–water partition coefficient (Wildman–Crippen LogP) is 4.16. The van der Waals surface area contributed by atoms with E-state index in [0.717, 1.165) is 24.9 Å². The van der Waals surface area contributed by atoms with Crippen molar-refractivity contribution < 1.29 is 9.53 Å². The molecule has 6 heteroatoms. The first-order valence-corrected chi connectivity index (χ1v) is 9.99. The topological polar surface area (TPSA) is 54.5 Å². The van der Waals surface area contributed by atoms with Crippen LogP contribution in [-0.4, -0.2) is 48.1 Å². The number of halogens is 1. The molecule has 1 N–H and O–H groups in total. The largest absolute Gasteiger partial charge is 0.485 e. The van der Waals surface area contributed by atoms with Gasteiger partial charge in [-0.25, -0.2) is 4.98 Å². The Labute approximate surface area is 168 Å². The lowest BCUT2D eigenvalue weighted by Gasteiger charge is -2.23. The maximum atomic E-state index is 12.4. The van der Waals surface area contributed by atoms with Gasteiger partial charge in [0.25, 0.3) is 0 Å². The van der Waals surface area contributed by atoms with Crippen LogP contribution in [0.2, 0.25) is 5.15 Å². The molecule has 1 aliphatic heterocycles. The fourth-order valence-electron chi connectivity index (χ4n) is 2.94. The van der Waals surface area contributed by atoms with Gasteiger partial charge in [-0.05, 0) is 37.4 Å². The number of nitrogens with zero attached hydrogens (tertiary/aromatic N) is 2. The highest BCUT2D eigenvalue weighted by Gasteiger charge is 2.30. The highest BCUT2D eigenvalue weighted by molar-refractivity contribution is 6.30. The van der Waals surface area contributed by atoms with E-state index in [9.17, 15) is 4.79 Å². The Hall–Kier alpha value is -1.59. The van der Waals surface area contributed by atoms with Crippen molar-refractivity contribution in [2.24, 2.45) is 5.41 Å². The first-order valence-electron chi connectivity index (χ1n) is 9.61. The van der Waals surface area contributed by atoms with Gasteiger partial charge in [0.15, 0.2) is 10.9 Å². The van der Waals surface area contributed by atoms with Gasteiger partial charge in [-0.3, -0.25) is 4.79 Å². The summed E-state index contributed by atoms with van der Waals surface area (Å²) >= 11 is 6.22. The van der Waals surface area contributed by atoms with Gasteiger partial charge in [-0.1, -0.05) is 44.5 Å². The van der Waals surface area contributed by atoms with Crippen molar-refractivity contribution in [2.45, 2.75) is 59.1 Å². The van der Waals surface area contributed by atoms with Crippen molar-refractivity contribution in [3.8, 4) is 5.75 Å². The maximum absolute atomic E-state index is 12.4. The lowest BCUT2D eigenvalue weighted by Crippen LogP contribution is -2.33. The average molecular weight is 394 g/mol. The molecule has 1 aromatic rings. The number of carbonyl (C=O) groups is 1. The summed E-state index contributed by atoms with van der Waals surface area (Å²) in [6.07, 6.45) is 8.12. The van der Waals surface area contributed by atoms with Crippen LogP contribution in [0.4, 0.5) is 0 Å². The van der Waals surface area contributed by atoms with Gasteiger partial charge >= 0.3 is 0 Å². The molecule has 0 unspecified atom stereocenters. The Kier molecular flexibility index (Phi) is 7.68. The summed E-state index contributed by atoms with van der Waals surface area (Å²) in [7, 11) is 1.95. The smallest absolute Gasteiger partial charge is 0.223 e. The van der Waals surface area contributed by atoms with Gasteiger partial charge in [0.2, 0.25) is 5.91 Å². The van der Waals surface area contributed by atoms with Gasteiger partial charge in [-0.2, -0.15) is 0 Å². The van der Waals surface area contributed by atoms with Crippen molar-refractivity contribution in [3.63, 3.8) is 0 Å². The van der Waals surface area contributed by atoms with Crippen molar-refractivity contribution in [1.82, 2.24) is 15.2 Å². The summed E-state index contributed by atoms with van der Waals surface area (Å²) < 4.78 is 6.07. The fourth-order valence-corrected chi connectivity index (χ4v) is 3.09. The second-order valence-electron chi connectivity index (χ2n) is 8.49. The molecular formula is C21H32ClN3O2. The van der Waals surface area contributed by atoms with E-state index in [-0.39, 0.29) is 17.4 Å². The fraction of sp³-hybridized carbons (Fsp3) is 0.619. The Morgan fingerprint density at radius 2 is 2.26 bits per heavy atom. The number of ether oxygens (including phenoxy) is 1. The van der Waals surface area contributed by atoms with E-state index in [2.05, 4.69) is 44.1 Å². The minimum atomic E-state index is -0.0447. The van der Waals surface area contributed by atoms with Crippen molar-refractivity contribution >= 4 is 23.6 Å². The minimum absolute atomic E-state index is 0.00524. The lowest BCUT2D eigenvalue weighted by molar-refractivity contribution is -0.132. The number of hydrogen-bond donors (Lipinski definition) is 1. The molecule has 27 heavy (non-hydrogen) atoms. The molecular weight excluding hydrogens is 362 g/mol. The molecule has 0 radical (unpaired) electrons. The third-order valence-electron chi connectivity index (χ3n) is 4.59. The van der Waals surface area contributed by atoms with Crippen LogP contribution in [0.15, 0.2) is 18.3 Å². The highest BCUT2D eigenvalue weighted by atomic mass is 35.5. The molecule has 2 atom stereocenters. The zero-order chi connectivity index (χ0) is 20.0. The number of carbonyl (C=O) groups excluding carboxylic acids is 1. The molecule has 5 nitrogen and oxygen atoms in total. The van der Waals surface area contributed by atoms with Crippen LogP contribution in [0, 0.1) is 5.41 Å². The quantitative estimate of drug-likeness (QED) is 0.706. The highest BCUT2D eigenvalue weighted by Crippen LogP contribution is 2.28. The maximum Gasteiger partial charge on any atom is 0.223 e. The Morgan fingerprint density at radius 3 is 2.93 bits per heavy atom. The van der Waals surface area contributed by atoms with Crippen molar-refractivity contribution in [2.75, 3.05) is 20.1 Å². The molecule has 1 saturated heterocycles. The summed E-state index contributed by atoms with van der Waals surface area (Å²) in [5.41, 5.74) is 0.950. The lowest BCUT2D eigenvalue weighted by atomic mass is 9.92. The second-order valence-corrected chi connectivity index (χ2v) is 8.85. The molecule has 0 spiro atoms. The zero-order valence-electron chi connectivity index (χ0n) is 17.1. The summed E-state index contributed by atoms with van der Waals surface area (Å²) in [5, 5.41) is 3.56. The Balaban J connectivity index is 1.95. The second kappa shape index (κ2) is 9.56. The van der Waals surface area contributed by atoms with Crippen LogP contribution in [0.5, 0.6) is 5.75 Å². The number of likely N-dealkylation sites (tertiary alicyclic amines) is 1. The zero-order valence-corrected chi connectivity index (χ0v) is 17.8. The predicted molar refractivity (Wildman–Crippen MR) is 111 cm³/mol. The molecule has 2 heterocycles. The molecule has 0 bridgehead atoms. The Bertz CT molecular complexity index is 670. The third-order valence-corrected chi connectivity index (χ3v) is 4.88. The van der Waals surface area contributed by atoms with Gasteiger partial charge in [0, 0.05) is 31.6 Å². The van der Waals surface area contributed by atoms with Gasteiger partial charge in [0.1, 0.15) is 6.10 Å². The number of amides is 1. The van der Waals surface area contributed by atoms with Crippen LogP contribution in [0.25, 0.3) is 6.08 Å². The minimum Gasteiger partial charge on any atom is -0.485 e. The SMILES string of the molecule is CN[C@@H](C)C/C=C/c1cnc(Cl)c(O[C@@H]2CCN(C(=O)CC(C)(C)C)C2)c1. The van der Waals surface area contributed by atoms with E-state index in [4.69, 9.17) is 16.3 Å². The van der Waals surface area contributed by atoms with E-state index in [1.807, 2.05) is 24.1 Å². The summed E-state index contributed by atoms with van der Waals surface area (Å²) in [5.74, 6) is 0.767. The molecule has 1 aliphatic rings. The van der Waals surface area contributed by atoms with Crippen LogP contribution < -0.4 is 10.1 Å². The van der Waals surface area contributed by atoms with Crippen LogP contribution in [0.1, 0.15) is 52.5 Å². The molecule has 0 saturated carbocycles. The third kappa shape index (κ3) is 7.15. The summed E-state index contributed by atoms with van der Waals surface area (Å²) in [4.78, 5) is 18.5. The van der Waals surface area contributed by atoms with Crippen molar-refractivity contribution in [3.05, 3.63) is 29.1 Å². The average Bonchev–Trinajstić information content (AvgIpc) is 3.05. The van der Waals surface area contributed by atoms with Crippen LogP contribution in [-0.2, 0) is 4.79 Å². The monoisotopic (exact) mass is 393 g/mol. The molecule has 150 valence electrons. The summed E-state index contributed by atoms with van der Waals surface area (Å²) in [6, 6.07) is 2.34. The van der Waals surface area contributed by atoms with E-state index in [1.165, 1.54) is 0 Å². The van der Waals surface area contributed by atoms with E-state index >= 15 is 0 Å². The molecule has 0 aromatic carbocycles. The molecule has 2 rings (SSSR count). The molecule has 1 amide bonds. The first-order chi connectivity index (χ1) is 12.7. The molecule has 0 aliphatic carbocycles. The Morgan fingerprint density at radius 1 is 1.52 bits per heavy atom. The first kappa shape index (κ1) is 21.7. The summed E-state index contributed by atoms with van der Waals surface area (Å²) in [6.45, 7) is 9.70. The van der Waals surface area contributed by atoms with E-state index in [1.54, 1.807) is 6.20 Å². The standard InChI is InChI=1S/C21H32ClN3O2/c1-15(23-5)7-6-8-16-11-18(20(22)24-13-16)27-17-9-10-25(14-17)19(26)12-21(2,3)4/h6,8,11,13,15,17,23H,7,9-10,12,14H2,1-5H3/b8-6+/t15-,17+/m0/s1. The van der Waals surface area contributed by atoms with Gasteiger partial charge < -0.3 is 15.0 Å². The van der Waals surface area contributed by atoms with Gasteiger partial charge in [-0.15, -0.1) is 0 Å². The van der Waals surface area contributed by atoms with Crippen molar-refractivity contribution in [1.29, 1.82) is 0 Å². The normalized spacial score (nSPS) is 18.9. The number of hydrogen-bond acceptors (Lipinski definition) is 4. The number of pyridine rings is 1. The number of nitrogens with one attached hydrogen (secondary N) is 1. The number of aromatic nitrogens is 1. The molecule has 1 fully saturated rings. The van der Waals surface area contributed by atoms with Crippen LogP contribution in [0.3, 0.4) is 0 Å². The molecule has 1 aromatic heterocycles. The van der Waals surface area contributed by atoms with Crippen LogP contribution >= 0.6 is 11.6 Å².